The number of aromatic nitrogens is 1. The normalized spacial score (nSPS) is 10.7. The number of fused-ring (bicyclic) bond motifs is 1. The molecule has 0 radical (unpaired) electrons. The first-order chi connectivity index (χ1) is 6.16. The minimum Gasteiger partial charge on any atom is -0.238 e. The molecule has 0 saturated heterocycles. The molecule has 0 aliphatic heterocycles. The lowest BCUT2D eigenvalue weighted by Crippen LogP contribution is -1.87. The first-order valence-electron chi connectivity index (χ1n) is 3.58. The average Bonchev–Trinajstić information content (AvgIpc) is 2.06. The number of benzene rings is 1. The maximum atomic E-state index is 13.1. The van der Waals surface area contributed by atoms with Crippen LogP contribution in [-0.2, 0) is 0 Å². The van der Waals surface area contributed by atoms with Gasteiger partial charge in [0.2, 0.25) is 0 Å². The molecule has 1 aromatic heterocycles. The van der Waals surface area contributed by atoms with E-state index >= 15 is 0 Å². The van der Waals surface area contributed by atoms with Gasteiger partial charge in [0.1, 0.15) is 15.9 Å². The molecule has 0 spiro atoms. The molecule has 0 amide bonds. The first-order valence-corrected chi connectivity index (χ1v) is 4.37. The third kappa shape index (κ3) is 1.54. The van der Waals surface area contributed by atoms with Crippen LogP contribution in [0.15, 0.2) is 28.9 Å². The third-order valence-electron chi connectivity index (χ3n) is 1.68. The lowest BCUT2D eigenvalue weighted by molar-refractivity contribution is 0.590. The zero-order valence-electron chi connectivity index (χ0n) is 6.39. The number of nitrogens with zero attached hydrogens (tertiary/aromatic N) is 1. The van der Waals surface area contributed by atoms with E-state index in [4.69, 9.17) is 0 Å². The molecule has 0 atom stereocenters. The van der Waals surface area contributed by atoms with Crippen molar-refractivity contribution in [3.8, 4) is 0 Å². The summed E-state index contributed by atoms with van der Waals surface area (Å²) in [4.78, 5) is 3.89. The second kappa shape index (κ2) is 3.03. The fraction of sp³-hybridized carbons (Fsp3) is 0. The topological polar surface area (TPSA) is 12.9 Å². The summed E-state index contributed by atoms with van der Waals surface area (Å²) >= 11 is 3.11. The van der Waals surface area contributed by atoms with Gasteiger partial charge in [-0.25, -0.2) is 13.8 Å². The zero-order valence-corrected chi connectivity index (χ0v) is 7.98. The van der Waals surface area contributed by atoms with E-state index in [0.29, 0.717) is 9.99 Å². The highest BCUT2D eigenvalue weighted by Gasteiger charge is 2.04. The van der Waals surface area contributed by atoms with Crippen molar-refractivity contribution < 1.29 is 8.78 Å². The Kier molecular flexibility index (Phi) is 2.00. The Hall–Kier alpha value is -1.03. The van der Waals surface area contributed by atoms with Gasteiger partial charge in [0.15, 0.2) is 5.82 Å². The maximum Gasteiger partial charge on any atom is 0.152 e. The van der Waals surface area contributed by atoms with Gasteiger partial charge in [-0.3, -0.25) is 0 Å². The molecule has 2 rings (SSSR count). The van der Waals surface area contributed by atoms with Gasteiger partial charge in [0, 0.05) is 11.5 Å². The van der Waals surface area contributed by atoms with Crippen LogP contribution >= 0.6 is 15.9 Å². The summed E-state index contributed by atoms with van der Waals surface area (Å²) in [6, 6.07) is 5.32. The highest BCUT2D eigenvalue weighted by Crippen LogP contribution is 2.19. The van der Waals surface area contributed by atoms with E-state index in [2.05, 4.69) is 20.9 Å². The Balaban J connectivity index is 2.87. The minimum atomic E-state index is -0.642. The van der Waals surface area contributed by atoms with Crippen LogP contribution in [0, 0.1) is 11.6 Å². The van der Waals surface area contributed by atoms with Gasteiger partial charge in [0.05, 0.1) is 0 Å². The molecule has 1 aromatic carbocycles. The van der Waals surface area contributed by atoms with Crippen LogP contribution < -0.4 is 0 Å². The van der Waals surface area contributed by atoms with Crippen molar-refractivity contribution in [1.82, 2.24) is 4.98 Å². The van der Waals surface area contributed by atoms with E-state index in [0.717, 1.165) is 6.07 Å². The lowest BCUT2D eigenvalue weighted by Gasteiger charge is -1.99. The largest absolute Gasteiger partial charge is 0.238 e. The second-order valence-electron chi connectivity index (χ2n) is 2.59. The molecule has 1 heterocycles. The molecular formula is C9H4BrF2N. The monoisotopic (exact) mass is 243 g/mol. The SMILES string of the molecule is Fc1cc(F)c2nc(Br)ccc2c1. The quantitative estimate of drug-likeness (QED) is 0.648. The van der Waals surface area contributed by atoms with Gasteiger partial charge in [-0.15, -0.1) is 0 Å². The number of hydrogen-bond donors (Lipinski definition) is 0. The van der Waals surface area contributed by atoms with Crippen molar-refractivity contribution in [3.63, 3.8) is 0 Å². The third-order valence-corrected chi connectivity index (χ3v) is 2.12. The highest BCUT2D eigenvalue weighted by atomic mass is 79.9. The van der Waals surface area contributed by atoms with Crippen molar-refractivity contribution in [3.05, 3.63) is 40.5 Å². The number of pyridine rings is 1. The van der Waals surface area contributed by atoms with Crippen molar-refractivity contribution >= 4 is 26.8 Å². The van der Waals surface area contributed by atoms with Crippen LogP contribution in [0.2, 0.25) is 0 Å². The molecule has 0 unspecified atom stereocenters. The van der Waals surface area contributed by atoms with Gasteiger partial charge in [-0.1, -0.05) is 0 Å². The summed E-state index contributed by atoms with van der Waals surface area (Å²) in [6.07, 6.45) is 0. The first kappa shape index (κ1) is 8.56. The zero-order chi connectivity index (χ0) is 9.42. The van der Waals surface area contributed by atoms with E-state index in [1.54, 1.807) is 12.1 Å². The van der Waals surface area contributed by atoms with Crippen LogP contribution in [-0.4, -0.2) is 4.98 Å². The summed E-state index contributed by atoms with van der Waals surface area (Å²) in [5.41, 5.74) is 0.177. The van der Waals surface area contributed by atoms with Crippen LogP contribution in [0.1, 0.15) is 0 Å². The molecule has 0 fully saturated rings. The molecule has 0 N–H and O–H groups in total. The average molecular weight is 244 g/mol. The van der Waals surface area contributed by atoms with Crippen molar-refractivity contribution in [2.75, 3.05) is 0 Å². The summed E-state index contributed by atoms with van der Waals surface area (Å²) in [5.74, 6) is -1.23. The predicted molar refractivity (Wildman–Crippen MR) is 49.4 cm³/mol. The van der Waals surface area contributed by atoms with Crippen molar-refractivity contribution in [2.24, 2.45) is 0 Å². The molecule has 0 aliphatic rings. The minimum absolute atomic E-state index is 0.177. The lowest BCUT2D eigenvalue weighted by atomic mass is 10.2. The van der Waals surface area contributed by atoms with Crippen LogP contribution in [0.5, 0.6) is 0 Å². The van der Waals surface area contributed by atoms with E-state index < -0.39 is 11.6 Å². The fourth-order valence-corrected chi connectivity index (χ4v) is 1.44. The van der Waals surface area contributed by atoms with Crippen LogP contribution in [0.4, 0.5) is 8.78 Å². The molecule has 1 nitrogen and oxygen atoms in total. The van der Waals surface area contributed by atoms with Crippen molar-refractivity contribution in [2.45, 2.75) is 0 Å². The number of halogens is 3. The Morgan fingerprint density at radius 3 is 2.69 bits per heavy atom. The summed E-state index contributed by atoms with van der Waals surface area (Å²) in [7, 11) is 0. The Morgan fingerprint density at radius 1 is 1.15 bits per heavy atom. The Morgan fingerprint density at radius 2 is 1.92 bits per heavy atom. The number of hydrogen-bond acceptors (Lipinski definition) is 1. The summed E-state index contributed by atoms with van der Waals surface area (Å²) < 4.78 is 26.4. The molecule has 13 heavy (non-hydrogen) atoms. The van der Waals surface area contributed by atoms with E-state index in [1.165, 1.54) is 6.07 Å². The molecule has 0 aliphatic carbocycles. The highest BCUT2D eigenvalue weighted by molar-refractivity contribution is 9.10. The molecule has 0 saturated carbocycles. The summed E-state index contributed by atoms with van der Waals surface area (Å²) in [5, 5.41) is 0.459. The molecular weight excluding hydrogens is 240 g/mol. The molecule has 66 valence electrons. The van der Waals surface area contributed by atoms with Crippen molar-refractivity contribution in [1.29, 1.82) is 0 Å². The smallest absolute Gasteiger partial charge is 0.152 e. The van der Waals surface area contributed by atoms with Gasteiger partial charge in [-0.05, 0) is 34.1 Å². The summed E-state index contributed by atoms with van der Waals surface area (Å²) in [6.45, 7) is 0. The van der Waals surface area contributed by atoms with Gasteiger partial charge >= 0.3 is 0 Å². The van der Waals surface area contributed by atoms with E-state index in [9.17, 15) is 8.78 Å². The van der Waals surface area contributed by atoms with Gasteiger partial charge in [-0.2, -0.15) is 0 Å². The Labute approximate surface area is 81.5 Å². The fourth-order valence-electron chi connectivity index (χ4n) is 1.13. The van der Waals surface area contributed by atoms with Crippen LogP contribution in [0.25, 0.3) is 10.9 Å². The molecule has 0 bridgehead atoms. The maximum absolute atomic E-state index is 13.1. The predicted octanol–water partition coefficient (Wildman–Crippen LogP) is 3.28. The van der Waals surface area contributed by atoms with Gasteiger partial charge < -0.3 is 0 Å². The van der Waals surface area contributed by atoms with E-state index in [-0.39, 0.29) is 5.52 Å². The van der Waals surface area contributed by atoms with Gasteiger partial charge in [0.25, 0.3) is 0 Å². The molecule has 2 aromatic rings. The Bertz CT molecular complexity index is 470. The molecule has 4 heteroatoms. The second-order valence-corrected chi connectivity index (χ2v) is 3.41. The standard InChI is InChI=1S/C9H4BrF2N/c10-8-2-1-5-3-6(11)4-7(12)9(5)13-8/h1-4H. The van der Waals surface area contributed by atoms with Crippen LogP contribution in [0.3, 0.4) is 0 Å². The van der Waals surface area contributed by atoms with E-state index in [1.807, 2.05) is 0 Å². The number of rotatable bonds is 0.